The lowest BCUT2D eigenvalue weighted by molar-refractivity contribution is 1.04. The van der Waals surface area contributed by atoms with Crippen LogP contribution in [-0.2, 0) is 12.3 Å². The average molecular weight is 303 g/mol. The average Bonchev–Trinajstić information content (AvgIpc) is 2.94. The highest BCUT2D eigenvalue weighted by molar-refractivity contribution is 7.98. The number of nitrogens with one attached hydrogen (secondary N) is 1. The Morgan fingerprint density at radius 3 is 2.80 bits per heavy atom. The summed E-state index contributed by atoms with van der Waals surface area (Å²) in [5, 5.41) is 1.88. The van der Waals surface area contributed by atoms with Gasteiger partial charge in [0.2, 0.25) is 0 Å². The molecule has 4 nitrogen and oxygen atoms in total. The lowest BCUT2D eigenvalue weighted by atomic mass is 10.2. The summed E-state index contributed by atoms with van der Waals surface area (Å²) in [6.07, 6.45) is 0. The minimum atomic E-state index is -0.0564. The molecule has 0 fully saturated rings. The van der Waals surface area contributed by atoms with Crippen LogP contribution in [0.1, 0.15) is 11.4 Å². The SMILES string of the molecule is NCc1ccc(SCc2nc3ccsc3c(=O)[nH]2)cc1. The molecule has 0 aliphatic rings. The number of nitrogens with two attached hydrogens (primary N) is 1. The second-order valence-corrected chi connectivity index (χ2v) is 6.25. The first-order chi connectivity index (χ1) is 9.76. The Kier molecular flexibility index (Phi) is 3.86. The number of nitrogens with zero attached hydrogens (tertiary/aromatic N) is 1. The van der Waals surface area contributed by atoms with Gasteiger partial charge in [0.25, 0.3) is 5.56 Å². The van der Waals surface area contributed by atoms with Crippen molar-refractivity contribution in [3.8, 4) is 0 Å². The fraction of sp³-hybridized carbons (Fsp3) is 0.143. The number of fused-ring (bicyclic) bond motifs is 1. The van der Waals surface area contributed by atoms with E-state index in [2.05, 4.69) is 9.97 Å². The van der Waals surface area contributed by atoms with Crippen molar-refractivity contribution >= 4 is 33.3 Å². The number of aromatic nitrogens is 2. The predicted molar refractivity (Wildman–Crippen MR) is 84.1 cm³/mol. The third-order valence-electron chi connectivity index (χ3n) is 2.90. The predicted octanol–water partition coefficient (Wildman–Crippen LogP) is 2.74. The van der Waals surface area contributed by atoms with Gasteiger partial charge in [-0.3, -0.25) is 4.79 Å². The van der Waals surface area contributed by atoms with Gasteiger partial charge in [-0.1, -0.05) is 12.1 Å². The van der Waals surface area contributed by atoms with Crippen LogP contribution in [0.3, 0.4) is 0 Å². The molecule has 102 valence electrons. The molecule has 0 aliphatic heterocycles. The zero-order chi connectivity index (χ0) is 13.9. The van der Waals surface area contributed by atoms with Gasteiger partial charge in [0.15, 0.2) is 0 Å². The van der Waals surface area contributed by atoms with Gasteiger partial charge in [0.1, 0.15) is 10.5 Å². The van der Waals surface area contributed by atoms with Crippen LogP contribution in [0.25, 0.3) is 10.2 Å². The summed E-state index contributed by atoms with van der Waals surface area (Å²) in [6.45, 7) is 0.550. The minimum absolute atomic E-state index is 0.0564. The molecule has 2 heterocycles. The summed E-state index contributed by atoms with van der Waals surface area (Å²) in [4.78, 5) is 20.3. The van der Waals surface area contributed by atoms with Gasteiger partial charge >= 0.3 is 0 Å². The molecule has 0 atom stereocenters. The normalized spacial score (nSPS) is 11.1. The van der Waals surface area contributed by atoms with Crippen molar-refractivity contribution in [3.63, 3.8) is 0 Å². The number of H-pyrrole nitrogens is 1. The Balaban J connectivity index is 1.77. The molecule has 0 unspecified atom stereocenters. The quantitative estimate of drug-likeness (QED) is 0.727. The Morgan fingerprint density at radius 2 is 2.05 bits per heavy atom. The van der Waals surface area contributed by atoms with E-state index < -0.39 is 0 Å². The van der Waals surface area contributed by atoms with Crippen LogP contribution in [0, 0.1) is 0 Å². The van der Waals surface area contributed by atoms with E-state index in [1.165, 1.54) is 11.3 Å². The van der Waals surface area contributed by atoms with Gasteiger partial charge in [-0.05, 0) is 29.1 Å². The summed E-state index contributed by atoms with van der Waals surface area (Å²) in [5.74, 6) is 1.34. The molecular formula is C14H13N3OS2. The van der Waals surface area contributed by atoms with Crippen LogP contribution in [0.2, 0.25) is 0 Å². The van der Waals surface area contributed by atoms with Gasteiger partial charge in [-0.2, -0.15) is 0 Å². The molecule has 3 N–H and O–H groups in total. The van der Waals surface area contributed by atoms with Crippen molar-refractivity contribution in [1.29, 1.82) is 0 Å². The maximum atomic E-state index is 11.8. The smallest absolute Gasteiger partial charge is 0.268 e. The topological polar surface area (TPSA) is 71.8 Å². The highest BCUT2D eigenvalue weighted by Crippen LogP contribution is 2.22. The van der Waals surface area contributed by atoms with Crippen LogP contribution in [0.4, 0.5) is 0 Å². The largest absolute Gasteiger partial charge is 0.326 e. The number of rotatable bonds is 4. The molecule has 0 radical (unpaired) electrons. The summed E-state index contributed by atoms with van der Waals surface area (Å²) >= 11 is 3.06. The number of hydrogen-bond acceptors (Lipinski definition) is 5. The van der Waals surface area contributed by atoms with E-state index >= 15 is 0 Å². The Hall–Kier alpha value is -1.63. The van der Waals surface area contributed by atoms with E-state index in [0.717, 1.165) is 16.0 Å². The van der Waals surface area contributed by atoms with Crippen molar-refractivity contribution < 1.29 is 0 Å². The summed E-state index contributed by atoms with van der Waals surface area (Å²) in [5.41, 5.74) is 7.40. The molecule has 0 spiro atoms. The van der Waals surface area contributed by atoms with Crippen LogP contribution >= 0.6 is 23.1 Å². The second kappa shape index (κ2) is 5.78. The van der Waals surface area contributed by atoms with Crippen molar-refractivity contribution in [2.24, 2.45) is 5.73 Å². The molecule has 0 amide bonds. The molecule has 0 saturated carbocycles. The highest BCUT2D eigenvalue weighted by Gasteiger charge is 2.05. The number of aromatic amines is 1. The number of thiophene rings is 1. The number of hydrogen-bond donors (Lipinski definition) is 2. The third-order valence-corrected chi connectivity index (χ3v) is 4.82. The summed E-state index contributed by atoms with van der Waals surface area (Å²) in [6, 6.07) is 9.97. The van der Waals surface area contributed by atoms with E-state index in [-0.39, 0.29) is 5.56 Å². The molecule has 20 heavy (non-hydrogen) atoms. The van der Waals surface area contributed by atoms with E-state index in [9.17, 15) is 4.79 Å². The summed E-state index contributed by atoms with van der Waals surface area (Å²) in [7, 11) is 0. The molecule has 0 saturated heterocycles. The first-order valence-electron chi connectivity index (χ1n) is 6.14. The molecule has 1 aromatic carbocycles. The zero-order valence-corrected chi connectivity index (χ0v) is 12.3. The zero-order valence-electron chi connectivity index (χ0n) is 10.6. The van der Waals surface area contributed by atoms with Gasteiger partial charge in [-0.25, -0.2) is 4.98 Å². The Labute approximate surface area is 124 Å². The second-order valence-electron chi connectivity index (χ2n) is 4.28. The molecule has 2 aromatic heterocycles. The molecular weight excluding hydrogens is 290 g/mol. The van der Waals surface area contributed by atoms with E-state index in [1.54, 1.807) is 11.8 Å². The maximum absolute atomic E-state index is 11.8. The van der Waals surface area contributed by atoms with Crippen LogP contribution in [0.15, 0.2) is 45.4 Å². The lowest BCUT2D eigenvalue weighted by Gasteiger charge is -2.03. The van der Waals surface area contributed by atoms with Crippen molar-refractivity contribution in [2.45, 2.75) is 17.2 Å². The van der Waals surface area contributed by atoms with Crippen LogP contribution < -0.4 is 11.3 Å². The molecule has 3 rings (SSSR count). The van der Waals surface area contributed by atoms with Gasteiger partial charge in [0, 0.05) is 11.4 Å². The van der Waals surface area contributed by atoms with Crippen LogP contribution in [-0.4, -0.2) is 9.97 Å². The number of thioether (sulfide) groups is 1. The van der Waals surface area contributed by atoms with Gasteiger partial charge in [-0.15, -0.1) is 23.1 Å². The first-order valence-corrected chi connectivity index (χ1v) is 8.01. The lowest BCUT2D eigenvalue weighted by Crippen LogP contribution is -2.09. The highest BCUT2D eigenvalue weighted by atomic mass is 32.2. The van der Waals surface area contributed by atoms with Crippen molar-refractivity contribution in [2.75, 3.05) is 0 Å². The standard InChI is InChI=1S/C14H13N3OS2/c15-7-9-1-3-10(4-2-9)20-8-12-16-11-5-6-19-13(11)14(18)17-12/h1-6H,7-8,15H2,(H,16,17,18). The molecule has 6 heteroatoms. The monoisotopic (exact) mass is 303 g/mol. The fourth-order valence-electron chi connectivity index (χ4n) is 1.86. The molecule has 0 bridgehead atoms. The number of benzene rings is 1. The minimum Gasteiger partial charge on any atom is -0.326 e. The molecule has 0 aliphatic carbocycles. The first kappa shape index (κ1) is 13.4. The van der Waals surface area contributed by atoms with Crippen molar-refractivity contribution in [1.82, 2.24) is 9.97 Å². The van der Waals surface area contributed by atoms with Gasteiger partial charge < -0.3 is 10.7 Å². The Bertz CT molecular complexity index is 777. The van der Waals surface area contributed by atoms with E-state index in [0.29, 0.717) is 22.8 Å². The molecule has 3 aromatic rings. The van der Waals surface area contributed by atoms with Crippen molar-refractivity contribution in [3.05, 3.63) is 57.5 Å². The van der Waals surface area contributed by atoms with Crippen LogP contribution in [0.5, 0.6) is 0 Å². The van der Waals surface area contributed by atoms with E-state index in [1.807, 2.05) is 35.7 Å². The Morgan fingerprint density at radius 1 is 1.25 bits per heavy atom. The fourth-order valence-corrected chi connectivity index (χ4v) is 3.36. The third kappa shape index (κ3) is 2.77. The summed E-state index contributed by atoms with van der Waals surface area (Å²) < 4.78 is 0.686. The van der Waals surface area contributed by atoms with Gasteiger partial charge in [0.05, 0.1) is 11.3 Å². The maximum Gasteiger partial charge on any atom is 0.268 e. The van der Waals surface area contributed by atoms with E-state index in [4.69, 9.17) is 5.73 Å².